The van der Waals surface area contributed by atoms with Gasteiger partial charge in [-0.1, -0.05) is 30.3 Å². The molecule has 0 bridgehead atoms. The minimum absolute atomic E-state index is 0.0160. The highest BCUT2D eigenvalue weighted by Gasteiger charge is 2.30. The van der Waals surface area contributed by atoms with Gasteiger partial charge >= 0.3 is 0 Å². The Labute approximate surface area is 169 Å². The molecule has 152 valence electrons. The van der Waals surface area contributed by atoms with E-state index in [0.717, 1.165) is 23.5 Å². The Morgan fingerprint density at radius 3 is 2.72 bits per heavy atom. The first kappa shape index (κ1) is 18.5. The van der Waals surface area contributed by atoms with Gasteiger partial charge in [0.2, 0.25) is 0 Å². The third-order valence-electron chi connectivity index (χ3n) is 5.79. The van der Waals surface area contributed by atoms with Crippen molar-refractivity contribution in [1.82, 2.24) is 24.4 Å². The number of aromatic nitrogens is 4. The van der Waals surface area contributed by atoms with Crippen LogP contribution in [0, 0.1) is 0 Å². The number of aliphatic hydroxyl groups excluding tert-OH is 1. The van der Waals surface area contributed by atoms with Crippen molar-refractivity contribution in [3.8, 4) is 0 Å². The fraction of sp³-hybridized carbons (Fsp3) is 0.476. The summed E-state index contributed by atoms with van der Waals surface area (Å²) in [5.74, 6) is 0.786. The van der Waals surface area contributed by atoms with Crippen LogP contribution < -0.4 is 5.32 Å². The van der Waals surface area contributed by atoms with Crippen molar-refractivity contribution in [1.29, 1.82) is 0 Å². The quantitative estimate of drug-likeness (QED) is 0.662. The third kappa shape index (κ3) is 3.83. The van der Waals surface area contributed by atoms with Gasteiger partial charge in [0.15, 0.2) is 17.0 Å². The fourth-order valence-electron chi connectivity index (χ4n) is 4.03. The second kappa shape index (κ2) is 8.06. The second-order valence-corrected chi connectivity index (χ2v) is 7.89. The Bertz CT molecular complexity index is 958. The summed E-state index contributed by atoms with van der Waals surface area (Å²) in [6, 6.07) is 10.8. The predicted molar refractivity (Wildman–Crippen MR) is 109 cm³/mol. The average molecular weight is 394 g/mol. The number of morpholine rings is 1. The van der Waals surface area contributed by atoms with E-state index in [0.29, 0.717) is 19.1 Å². The molecule has 0 radical (unpaired) electrons. The van der Waals surface area contributed by atoms with Crippen LogP contribution >= 0.6 is 0 Å². The zero-order valence-corrected chi connectivity index (χ0v) is 16.3. The van der Waals surface area contributed by atoms with Crippen molar-refractivity contribution in [3.63, 3.8) is 0 Å². The van der Waals surface area contributed by atoms with Gasteiger partial charge in [-0.05, 0) is 24.8 Å². The summed E-state index contributed by atoms with van der Waals surface area (Å²) in [5.41, 5.74) is 2.77. The van der Waals surface area contributed by atoms with Crippen LogP contribution in [0.4, 0.5) is 5.82 Å². The fourth-order valence-corrected chi connectivity index (χ4v) is 4.03. The van der Waals surface area contributed by atoms with Crippen LogP contribution in [0.25, 0.3) is 11.2 Å². The van der Waals surface area contributed by atoms with Crippen LogP contribution in [0.1, 0.15) is 31.1 Å². The highest BCUT2D eigenvalue weighted by Crippen LogP contribution is 2.28. The number of hydrogen-bond donors (Lipinski definition) is 2. The van der Waals surface area contributed by atoms with Crippen LogP contribution in [-0.4, -0.2) is 61.4 Å². The van der Waals surface area contributed by atoms with Crippen LogP contribution in [0.2, 0.25) is 0 Å². The molecule has 8 nitrogen and oxygen atoms in total. The Morgan fingerprint density at radius 2 is 1.97 bits per heavy atom. The normalized spacial score (nSPS) is 23.2. The van der Waals surface area contributed by atoms with Gasteiger partial charge in [0.05, 0.1) is 19.0 Å². The monoisotopic (exact) mass is 394 g/mol. The number of fused-ring (bicyclic) bond motifs is 1. The van der Waals surface area contributed by atoms with Gasteiger partial charge in [-0.15, -0.1) is 0 Å². The van der Waals surface area contributed by atoms with Crippen LogP contribution in [0.15, 0.2) is 43.0 Å². The molecule has 2 N–H and O–H groups in total. The number of nitrogens with one attached hydrogen (secondary N) is 1. The predicted octanol–water partition coefficient (Wildman–Crippen LogP) is 2.18. The van der Waals surface area contributed by atoms with E-state index in [1.165, 1.54) is 24.8 Å². The number of ether oxygens (including phenoxy) is 1. The van der Waals surface area contributed by atoms with Gasteiger partial charge in [0.25, 0.3) is 0 Å². The Kier molecular flexibility index (Phi) is 5.13. The van der Waals surface area contributed by atoms with Crippen LogP contribution in [0.5, 0.6) is 0 Å². The summed E-state index contributed by atoms with van der Waals surface area (Å²) in [7, 11) is 0. The maximum absolute atomic E-state index is 9.77. The summed E-state index contributed by atoms with van der Waals surface area (Å²) in [6.07, 6.45) is 6.45. The van der Waals surface area contributed by atoms with Crippen molar-refractivity contribution >= 4 is 17.0 Å². The smallest absolute Gasteiger partial charge is 0.167 e. The SMILES string of the molecule is OC[C@@H]1CN(Cc2ccccc2)C[C@H](n2cnc3c(NC4CCC4)ncnc32)O1. The minimum Gasteiger partial charge on any atom is -0.394 e. The zero-order valence-electron chi connectivity index (χ0n) is 16.3. The van der Waals surface area contributed by atoms with Crippen molar-refractivity contribution in [3.05, 3.63) is 48.5 Å². The molecule has 1 aliphatic heterocycles. The van der Waals surface area contributed by atoms with E-state index in [1.807, 2.05) is 22.8 Å². The largest absolute Gasteiger partial charge is 0.394 e. The number of aliphatic hydroxyl groups is 1. The van der Waals surface area contributed by atoms with Gasteiger partial charge in [-0.25, -0.2) is 15.0 Å². The van der Waals surface area contributed by atoms with Gasteiger partial charge in [-0.3, -0.25) is 9.47 Å². The molecule has 5 rings (SSSR count). The molecule has 1 saturated heterocycles. The molecule has 8 heteroatoms. The second-order valence-electron chi connectivity index (χ2n) is 7.89. The molecule has 2 aromatic heterocycles. The van der Waals surface area contributed by atoms with E-state index in [1.54, 1.807) is 12.7 Å². The number of imidazole rings is 1. The molecule has 0 spiro atoms. The van der Waals surface area contributed by atoms with Crippen molar-refractivity contribution in [2.45, 2.75) is 44.2 Å². The molecule has 0 unspecified atom stereocenters. The summed E-state index contributed by atoms with van der Waals surface area (Å²) in [4.78, 5) is 15.8. The Balaban J connectivity index is 1.39. The molecule has 1 aliphatic carbocycles. The molecule has 1 saturated carbocycles. The third-order valence-corrected chi connectivity index (χ3v) is 5.79. The summed E-state index contributed by atoms with van der Waals surface area (Å²) in [6.45, 7) is 2.19. The van der Waals surface area contributed by atoms with Gasteiger partial charge < -0.3 is 15.2 Å². The molecule has 2 aliphatic rings. The molecule has 2 fully saturated rings. The summed E-state index contributed by atoms with van der Waals surface area (Å²) >= 11 is 0. The van der Waals surface area contributed by atoms with E-state index in [9.17, 15) is 5.11 Å². The first-order valence-corrected chi connectivity index (χ1v) is 10.3. The zero-order chi connectivity index (χ0) is 19.6. The van der Waals surface area contributed by atoms with Gasteiger partial charge in [-0.2, -0.15) is 0 Å². The van der Waals surface area contributed by atoms with E-state index in [4.69, 9.17) is 4.74 Å². The molecule has 0 amide bonds. The van der Waals surface area contributed by atoms with Crippen molar-refractivity contribution in [2.24, 2.45) is 0 Å². The van der Waals surface area contributed by atoms with Crippen molar-refractivity contribution < 1.29 is 9.84 Å². The molecule has 29 heavy (non-hydrogen) atoms. The minimum atomic E-state index is -0.263. The van der Waals surface area contributed by atoms with E-state index < -0.39 is 0 Å². The molecule has 1 aromatic carbocycles. The van der Waals surface area contributed by atoms with E-state index >= 15 is 0 Å². The van der Waals surface area contributed by atoms with Crippen LogP contribution in [0.3, 0.4) is 0 Å². The molecular weight excluding hydrogens is 368 g/mol. The highest BCUT2D eigenvalue weighted by atomic mass is 16.5. The number of nitrogens with zero attached hydrogens (tertiary/aromatic N) is 5. The van der Waals surface area contributed by atoms with E-state index in [-0.39, 0.29) is 18.9 Å². The van der Waals surface area contributed by atoms with Crippen LogP contribution in [-0.2, 0) is 11.3 Å². The van der Waals surface area contributed by atoms with Gasteiger partial charge in [0, 0.05) is 25.7 Å². The maximum Gasteiger partial charge on any atom is 0.167 e. The maximum atomic E-state index is 9.77. The average Bonchev–Trinajstić information content (AvgIpc) is 3.16. The lowest BCUT2D eigenvalue weighted by molar-refractivity contribution is -0.135. The number of anilines is 1. The summed E-state index contributed by atoms with van der Waals surface area (Å²) in [5, 5.41) is 13.2. The number of benzene rings is 1. The summed E-state index contributed by atoms with van der Waals surface area (Å²) < 4.78 is 8.12. The first-order chi connectivity index (χ1) is 14.3. The lowest BCUT2D eigenvalue weighted by Gasteiger charge is -2.38. The molecule has 3 aromatic rings. The lowest BCUT2D eigenvalue weighted by atomic mass is 9.93. The molecule has 3 heterocycles. The Morgan fingerprint density at radius 1 is 1.10 bits per heavy atom. The number of rotatable bonds is 6. The molecular formula is C21H26N6O2. The Hall–Kier alpha value is -2.55. The standard InChI is InChI=1S/C21H26N6O2/c28-12-17-10-26(9-15-5-2-1-3-6-15)11-18(29-17)27-14-24-19-20(22-13-23-21(19)27)25-16-7-4-8-16/h1-3,5-6,13-14,16-18,28H,4,7-12H2,(H,22,23,25)/t17-,18+/m0/s1. The van der Waals surface area contributed by atoms with Crippen molar-refractivity contribution in [2.75, 3.05) is 25.0 Å². The van der Waals surface area contributed by atoms with Gasteiger partial charge in [0.1, 0.15) is 12.6 Å². The van der Waals surface area contributed by atoms with E-state index in [2.05, 4.69) is 37.3 Å². The topological polar surface area (TPSA) is 88.3 Å². The number of hydrogen-bond acceptors (Lipinski definition) is 7. The lowest BCUT2D eigenvalue weighted by Crippen LogP contribution is -2.46. The first-order valence-electron chi connectivity index (χ1n) is 10.3. The molecule has 2 atom stereocenters. The highest BCUT2D eigenvalue weighted by molar-refractivity contribution is 5.82.